The van der Waals surface area contributed by atoms with Gasteiger partial charge in [0.15, 0.2) is 0 Å². The van der Waals surface area contributed by atoms with Gasteiger partial charge in [-0.05, 0) is 0 Å². The Morgan fingerprint density at radius 2 is 1.89 bits per heavy atom. The standard InChI is InChI=1S/C5H11ClO3/c1-7-5(8-2)9-4-3-6/h5H,3-4H2,1-2H3. The summed E-state index contributed by atoms with van der Waals surface area (Å²) >= 11 is 5.32. The molecule has 3 nitrogen and oxygen atoms in total. The number of hydrogen-bond donors (Lipinski definition) is 0. The molecule has 0 saturated carbocycles. The predicted molar refractivity (Wildman–Crippen MR) is 34.5 cm³/mol. The van der Waals surface area contributed by atoms with Crippen LogP contribution in [0.3, 0.4) is 0 Å². The number of halogens is 1. The van der Waals surface area contributed by atoms with Crippen LogP contribution in [0.4, 0.5) is 0 Å². The molecule has 9 heavy (non-hydrogen) atoms. The summed E-state index contributed by atoms with van der Waals surface area (Å²) in [7, 11) is 3.00. The van der Waals surface area contributed by atoms with Gasteiger partial charge in [0, 0.05) is 20.1 Å². The van der Waals surface area contributed by atoms with Crippen LogP contribution in [0.15, 0.2) is 0 Å². The lowest BCUT2D eigenvalue weighted by Crippen LogP contribution is -2.18. The minimum Gasteiger partial charge on any atom is -0.333 e. The lowest BCUT2D eigenvalue weighted by atomic mass is 10.8. The molecule has 0 saturated heterocycles. The van der Waals surface area contributed by atoms with Gasteiger partial charge >= 0.3 is 0 Å². The van der Waals surface area contributed by atoms with Crippen molar-refractivity contribution in [3.8, 4) is 0 Å². The van der Waals surface area contributed by atoms with Crippen molar-refractivity contribution < 1.29 is 14.2 Å². The third-order valence-electron chi connectivity index (χ3n) is 0.716. The maximum atomic E-state index is 5.32. The fourth-order valence-electron chi connectivity index (χ4n) is 0.373. The van der Waals surface area contributed by atoms with Crippen molar-refractivity contribution in [3.63, 3.8) is 0 Å². The van der Waals surface area contributed by atoms with Gasteiger partial charge in [0.25, 0.3) is 6.48 Å². The van der Waals surface area contributed by atoms with Crippen molar-refractivity contribution in [3.05, 3.63) is 0 Å². The van der Waals surface area contributed by atoms with Crippen LogP contribution in [0.25, 0.3) is 0 Å². The van der Waals surface area contributed by atoms with E-state index in [1.165, 1.54) is 14.2 Å². The first kappa shape index (κ1) is 9.17. The van der Waals surface area contributed by atoms with Gasteiger partial charge < -0.3 is 14.2 Å². The molecule has 56 valence electrons. The minimum atomic E-state index is -0.580. The molecule has 0 aromatic carbocycles. The minimum absolute atomic E-state index is 0.438. The van der Waals surface area contributed by atoms with Crippen LogP contribution in [0.5, 0.6) is 0 Å². The van der Waals surface area contributed by atoms with E-state index in [0.717, 1.165) is 0 Å². The number of ether oxygens (including phenoxy) is 3. The monoisotopic (exact) mass is 154 g/mol. The predicted octanol–water partition coefficient (Wildman–Crippen LogP) is 0.818. The molecule has 0 radical (unpaired) electrons. The van der Waals surface area contributed by atoms with Gasteiger partial charge in [0.2, 0.25) is 0 Å². The molecule has 0 spiro atoms. The normalized spacial score (nSPS) is 10.7. The summed E-state index contributed by atoms with van der Waals surface area (Å²) in [5.74, 6) is 0.448. The average molecular weight is 155 g/mol. The molecular formula is C5H11ClO3. The number of hydrogen-bond acceptors (Lipinski definition) is 3. The largest absolute Gasteiger partial charge is 0.333 e. The highest BCUT2D eigenvalue weighted by Gasteiger charge is 2.01. The summed E-state index contributed by atoms with van der Waals surface area (Å²) < 4.78 is 14.3. The second kappa shape index (κ2) is 6.29. The summed E-state index contributed by atoms with van der Waals surface area (Å²) in [6, 6.07) is 0. The molecule has 0 aliphatic carbocycles. The lowest BCUT2D eigenvalue weighted by Gasteiger charge is -2.11. The van der Waals surface area contributed by atoms with Crippen LogP contribution < -0.4 is 0 Å². The van der Waals surface area contributed by atoms with Gasteiger partial charge in [-0.3, -0.25) is 0 Å². The Labute approximate surface area is 59.8 Å². The number of methoxy groups -OCH3 is 2. The van der Waals surface area contributed by atoms with Crippen LogP contribution in [-0.2, 0) is 14.2 Å². The summed E-state index contributed by atoms with van der Waals surface area (Å²) in [4.78, 5) is 0. The van der Waals surface area contributed by atoms with E-state index in [-0.39, 0.29) is 0 Å². The van der Waals surface area contributed by atoms with Crippen LogP contribution in [0.1, 0.15) is 0 Å². The van der Waals surface area contributed by atoms with Crippen molar-refractivity contribution in [2.75, 3.05) is 26.7 Å². The van der Waals surface area contributed by atoms with Crippen molar-refractivity contribution >= 4 is 11.6 Å². The van der Waals surface area contributed by atoms with Crippen molar-refractivity contribution in [2.45, 2.75) is 6.48 Å². The molecule has 0 rings (SSSR count). The third-order valence-corrected chi connectivity index (χ3v) is 0.870. The van der Waals surface area contributed by atoms with E-state index in [1.54, 1.807) is 0 Å². The summed E-state index contributed by atoms with van der Waals surface area (Å²) in [5, 5.41) is 0. The highest BCUT2D eigenvalue weighted by molar-refractivity contribution is 6.17. The van der Waals surface area contributed by atoms with E-state index in [2.05, 4.69) is 0 Å². The Bertz CT molecular complexity index is 56.2. The fraction of sp³-hybridized carbons (Fsp3) is 1.00. The zero-order valence-electron chi connectivity index (χ0n) is 5.59. The molecule has 0 atom stereocenters. The highest BCUT2D eigenvalue weighted by Crippen LogP contribution is 1.92. The Morgan fingerprint density at radius 1 is 1.33 bits per heavy atom. The molecule has 4 heteroatoms. The molecule has 0 aromatic heterocycles. The molecule has 0 amide bonds. The molecule has 0 bridgehead atoms. The molecule has 0 heterocycles. The van der Waals surface area contributed by atoms with E-state index in [9.17, 15) is 0 Å². The van der Waals surface area contributed by atoms with Crippen LogP contribution in [0, 0.1) is 0 Å². The first-order valence-electron chi connectivity index (χ1n) is 2.58. The van der Waals surface area contributed by atoms with E-state index >= 15 is 0 Å². The first-order chi connectivity index (χ1) is 4.35. The summed E-state index contributed by atoms with van der Waals surface area (Å²) in [5.41, 5.74) is 0. The second-order valence-corrected chi connectivity index (χ2v) is 1.70. The van der Waals surface area contributed by atoms with E-state index in [4.69, 9.17) is 25.8 Å². The molecule has 0 aliphatic rings. The zero-order valence-corrected chi connectivity index (χ0v) is 6.35. The van der Waals surface area contributed by atoms with Crippen LogP contribution in [-0.4, -0.2) is 33.2 Å². The van der Waals surface area contributed by atoms with Gasteiger partial charge in [-0.2, -0.15) is 0 Å². The van der Waals surface area contributed by atoms with Gasteiger partial charge in [-0.15, -0.1) is 11.6 Å². The first-order valence-corrected chi connectivity index (χ1v) is 3.11. The molecule has 0 N–H and O–H groups in total. The fourth-order valence-corrected chi connectivity index (χ4v) is 0.462. The Balaban J connectivity index is 3.09. The van der Waals surface area contributed by atoms with Crippen LogP contribution >= 0.6 is 11.6 Å². The zero-order chi connectivity index (χ0) is 7.11. The van der Waals surface area contributed by atoms with Gasteiger partial charge in [0.1, 0.15) is 0 Å². The quantitative estimate of drug-likeness (QED) is 0.434. The highest BCUT2D eigenvalue weighted by atomic mass is 35.5. The van der Waals surface area contributed by atoms with Gasteiger partial charge in [-0.25, -0.2) is 0 Å². The number of rotatable bonds is 5. The Morgan fingerprint density at radius 3 is 2.22 bits per heavy atom. The van der Waals surface area contributed by atoms with Gasteiger partial charge in [0.05, 0.1) is 6.61 Å². The molecular weight excluding hydrogens is 144 g/mol. The Hall–Kier alpha value is 0.170. The smallest absolute Gasteiger partial charge is 0.271 e. The molecule has 0 aliphatic heterocycles. The summed E-state index contributed by atoms with van der Waals surface area (Å²) in [6.07, 6.45) is 0. The average Bonchev–Trinajstić information content (AvgIpc) is 1.91. The lowest BCUT2D eigenvalue weighted by molar-refractivity contribution is -0.262. The molecule has 0 unspecified atom stereocenters. The number of alkyl halides is 1. The molecule has 0 fully saturated rings. The maximum Gasteiger partial charge on any atom is 0.271 e. The third kappa shape index (κ3) is 4.66. The van der Waals surface area contributed by atoms with E-state index in [1.807, 2.05) is 0 Å². The molecule has 0 aromatic rings. The SMILES string of the molecule is COC(OC)OCCCl. The Kier molecular flexibility index (Phi) is 6.41. The van der Waals surface area contributed by atoms with Gasteiger partial charge in [-0.1, -0.05) is 0 Å². The van der Waals surface area contributed by atoms with Crippen LogP contribution in [0.2, 0.25) is 0 Å². The second-order valence-electron chi connectivity index (χ2n) is 1.32. The van der Waals surface area contributed by atoms with E-state index in [0.29, 0.717) is 12.5 Å². The van der Waals surface area contributed by atoms with Crippen molar-refractivity contribution in [1.29, 1.82) is 0 Å². The topological polar surface area (TPSA) is 27.7 Å². The van der Waals surface area contributed by atoms with Crippen molar-refractivity contribution in [1.82, 2.24) is 0 Å². The summed E-state index contributed by atoms with van der Waals surface area (Å²) in [6.45, 7) is -0.141. The maximum absolute atomic E-state index is 5.32. The van der Waals surface area contributed by atoms with E-state index < -0.39 is 6.48 Å². The van der Waals surface area contributed by atoms with Crippen molar-refractivity contribution in [2.24, 2.45) is 0 Å².